The Morgan fingerprint density at radius 1 is 1.24 bits per heavy atom. The smallest absolute Gasteiger partial charge is 0.257 e. The van der Waals surface area contributed by atoms with Gasteiger partial charge in [0.15, 0.2) is 5.82 Å². The zero-order chi connectivity index (χ0) is 14.7. The number of nitrogens with zero attached hydrogens (tertiary/aromatic N) is 8. The fourth-order valence-electron chi connectivity index (χ4n) is 1.93. The molecule has 0 spiro atoms. The van der Waals surface area contributed by atoms with Gasteiger partial charge in [-0.1, -0.05) is 6.92 Å². The molecule has 0 bridgehead atoms. The van der Waals surface area contributed by atoms with Crippen molar-refractivity contribution >= 4 is 5.95 Å². The molecule has 3 heterocycles. The number of anilines is 1. The monoisotopic (exact) mass is 285 g/mol. The molecule has 0 aliphatic heterocycles. The van der Waals surface area contributed by atoms with Crippen LogP contribution >= 0.6 is 0 Å². The summed E-state index contributed by atoms with van der Waals surface area (Å²) in [5.74, 6) is 2.06. The van der Waals surface area contributed by atoms with Gasteiger partial charge >= 0.3 is 0 Å². The van der Waals surface area contributed by atoms with Crippen molar-refractivity contribution in [2.45, 2.75) is 19.9 Å². The Morgan fingerprint density at radius 3 is 2.86 bits per heavy atom. The molecule has 0 aromatic carbocycles. The largest absolute Gasteiger partial charge is 0.357 e. The normalized spacial score (nSPS) is 10.8. The number of aromatic nitrogens is 8. The van der Waals surface area contributed by atoms with E-state index in [1.54, 1.807) is 13.2 Å². The lowest BCUT2D eigenvalue weighted by Crippen LogP contribution is -2.10. The first-order valence-electron chi connectivity index (χ1n) is 6.62. The minimum atomic E-state index is 0.396. The number of hydrogen-bond acceptors (Lipinski definition) is 7. The fourth-order valence-corrected chi connectivity index (χ4v) is 1.93. The molecule has 3 rings (SSSR count). The van der Waals surface area contributed by atoms with E-state index in [-0.39, 0.29) is 0 Å². The molecule has 108 valence electrons. The molecule has 9 heteroatoms. The topological polar surface area (TPSA) is 99.2 Å². The van der Waals surface area contributed by atoms with Gasteiger partial charge in [-0.25, -0.2) is 9.97 Å². The molecule has 3 aromatic heterocycles. The van der Waals surface area contributed by atoms with E-state index in [1.165, 1.54) is 17.3 Å². The number of hydrogen-bond donors (Lipinski definition) is 1. The Morgan fingerprint density at radius 2 is 2.14 bits per heavy atom. The lowest BCUT2D eigenvalue weighted by atomic mass is 10.4. The quantitative estimate of drug-likeness (QED) is 0.739. The molecule has 0 radical (unpaired) electrons. The fraction of sp³-hybridized carbons (Fsp3) is 0.333. The van der Waals surface area contributed by atoms with Crippen molar-refractivity contribution in [1.29, 1.82) is 0 Å². The van der Waals surface area contributed by atoms with E-state index >= 15 is 0 Å². The maximum absolute atomic E-state index is 4.42. The first kappa shape index (κ1) is 13.2. The minimum Gasteiger partial charge on any atom is -0.357 e. The molecule has 1 N–H and O–H groups in total. The summed E-state index contributed by atoms with van der Waals surface area (Å²) >= 11 is 0. The van der Waals surface area contributed by atoms with Crippen LogP contribution in [0.15, 0.2) is 25.0 Å². The van der Waals surface area contributed by atoms with Crippen LogP contribution in [-0.4, -0.2) is 46.3 Å². The van der Waals surface area contributed by atoms with Crippen LogP contribution < -0.4 is 5.32 Å². The third-order valence-corrected chi connectivity index (χ3v) is 2.85. The second-order valence-electron chi connectivity index (χ2n) is 4.32. The number of nitrogens with one attached hydrogen (secondary N) is 1. The standard InChI is InChI=1S/C12H15N9/c1-3-5-20-6-4-15-10(20)9-17-11(13-2)19-12(18-9)21-8-14-7-16-21/h4,6-8H,3,5H2,1-2H3,(H,13,17,18,19). The molecule has 0 aliphatic carbocycles. The maximum Gasteiger partial charge on any atom is 0.257 e. The van der Waals surface area contributed by atoms with Crippen LogP contribution in [0.5, 0.6) is 0 Å². The van der Waals surface area contributed by atoms with Gasteiger partial charge in [0, 0.05) is 26.0 Å². The van der Waals surface area contributed by atoms with E-state index in [4.69, 9.17) is 0 Å². The highest BCUT2D eigenvalue weighted by Gasteiger charge is 2.14. The lowest BCUT2D eigenvalue weighted by molar-refractivity contribution is 0.680. The van der Waals surface area contributed by atoms with E-state index in [0.717, 1.165) is 13.0 Å². The van der Waals surface area contributed by atoms with Crippen LogP contribution in [0, 0.1) is 0 Å². The number of aryl methyl sites for hydroxylation is 1. The Labute approximate surface area is 121 Å². The summed E-state index contributed by atoms with van der Waals surface area (Å²) in [4.78, 5) is 21.3. The Bertz CT molecular complexity index is 716. The average Bonchev–Trinajstić information content (AvgIpc) is 3.18. The van der Waals surface area contributed by atoms with Crippen molar-refractivity contribution in [3.63, 3.8) is 0 Å². The zero-order valence-corrected chi connectivity index (χ0v) is 11.8. The number of imidazole rings is 1. The predicted octanol–water partition coefficient (Wildman–Crippen LogP) is 0.767. The van der Waals surface area contributed by atoms with Crippen LogP contribution in [0.1, 0.15) is 13.3 Å². The summed E-state index contributed by atoms with van der Waals surface area (Å²) in [5, 5.41) is 6.96. The second kappa shape index (κ2) is 5.65. The summed E-state index contributed by atoms with van der Waals surface area (Å²) in [5.41, 5.74) is 0. The molecule has 21 heavy (non-hydrogen) atoms. The van der Waals surface area contributed by atoms with Gasteiger partial charge < -0.3 is 9.88 Å². The Hall–Kier alpha value is -2.84. The van der Waals surface area contributed by atoms with Crippen LogP contribution in [0.3, 0.4) is 0 Å². The van der Waals surface area contributed by atoms with E-state index in [0.29, 0.717) is 23.5 Å². The highest BCUT2D eigenvalue weighted by atomic mass is 15.4. The first-order chi connectivity index (χ1) is 10.3. The molecule has 0 saturated heterocycles. The molecule has 3 aromatic rings. The third-order valence-electron chi connectivity index (χ3n) is 2.85. The molecule has 0 aliphatic rings. The van der Waals surface area contributed by atoms with Crippen LogP contribution in [0.25, 0.3) is 17.6 Å². The van der Waals surface area contributed by atoms with Crippen molar-refractivity contribution in [3.05, 3.63) is 25.0 Å². The Kier molecular flexibility index (Phi) is 3.54. The van der Waals surface area contributed by atoms with Gasteiger partial charge in [-0.05, 0) is 6.42 Å². The highest BCUT2D eigenvalue weighted by molar-refractivity contribution is 5.48. The van der Waals surface area contributed by atoms with Gasteiger partial charge in [-0.15, -0.1) is 0 Å². The summed E-state index contributed by atoms with van der Waals surface area (Å²) in [6.45, 7) is 2.96. The molecule has 0 unspecified atom stereocenters. The van der Waals surface area contributed by atoms with Gasteiger partial charge in [-0.3, -0.25) is 0 Å². The van der Waals surface area contributed by atoms with Gasteiger partial charge in [0.1, 0.15) is 12.7 Å². The second-order valence-corrected chi connectivity index (χ2v) is 4.32. The van der Waals surface area contributed by atoms with Crippen molar-refractivity contribution in [2.75, 3.05) is 12.4 Å². The molecular weight excluding hydrogens is 270 g/mol. The molecular formula is C12H15N9. The van der Waals surface area contributed by atoms with Gasteiger partial charge in [-0.2, -0.15) is 24.7 Å². The van der Waals surface area contributed by atoms with Gasteiger partial charge in [0.25, 0.3) is 5.95 Å². The molecule has 0 fully saturated rings. The van der Waals surface area contributed by atoms with Gasteiger partial charge in [0.2, 0.25) is 11.8 Å². The summed E-state index contributed by atoms with van der Waals surface area (Å²) < 4.78 is 3.50. The molecule has 0 saturated carbocycles. The third kappa shape index (κ3) is 2.57. The van der Waals surface area contributed by atoms with E-state index in [9.17, 15) is 0 Å². The molecule has 0 atom stereocenters. The number of rotatable bonds is 5. The lowest BCUT2D eigenvalue weighted by Gasteiger charge is -2.08. The first-order valence-corrected chi connectivity index (χ1v) is 6.62. The van der Waals surface area contributed by atoms with Crippen LogP contribution in [0.2, 0.25) is 0 Å². The van der Waals surface area contributed by atoms with E-state index in [1.807, 2.05) is 10.8 Å². The molecule has 9 nitrogen and oxygen atoms in total. The molecule has 0 amide bonds. The van der Waals surface area contributed by atoms with Crippen molar-refractivity contribution < 1.29 is 0 Å². The summed E-state index contributed by atoms with van der Waals surface area (Å²) in [6, 6.07) is 0. The zero-order valence-electron chi connectivity index (χ0n) is 11.8. The summed E-state index contributed by atoms with van der Waals surface area (Å²) in [7, 11) is 1.75. The van der Waals surface area contributed by atoms with Crippen molar-refractivity contribution in [2.24, 2.45) is 0 Å². The van der Waals surface area contributed by atoms with E-state index in [2.05, 4.69) is 42.3 Å². The predicted molar refractivity (Wildman–Crippen MR) is 75.8 cm³/mol. The summed E-state index contributed by atoms with van der Waals surface area (Å²) in [6.07, 6.45) is 7.63. The van der Waals surface area contributed by atoms with Crippen molar-refractivity contribution in [1.82, 2.24) is 39.3 Å². The van der Waals surface area contributed by atoms with Crippen LogP contribution in [0.4, 0.5) is 5.95 Å². The van der Waals surface area contributed by atoms with E-state index < -0.39 is 0 Å². The average molecular weight is 285 g/mol. The SMILES string of the molecule is CCCn1ccnc1-c1nc(NC)nc(-n2cncn2)n1. The highest BCUT2D eigenvalue weighted by Crippen LogP contribution is 2.16. The minimum absolute atomic E-state index is 0.396. The van der Waals surface area contributed by atoms with Crippen LogP contribution in [-0.2, 0) is 6.54 Å². The maximum atomic E-state index is 4.42. The Balaban J connectivity index is 2.09. The van der Waals surface area contributed by atoms with Crippen molar-refractivity contribution in [3.8, 4) is 17.6 Å². The van der Waals surface area contributed by atoms with Gasteiger partial charge in [0.05, 0.1) is 0 Å².